The van der Waals surface area contributed by atoms with Crippen LogP contribution in [0.5, 0.6) is 0 Å². The van der Waals surface area contributed by atoms with Gasteiger partial charge >= 0.3 is 25.8 Å². The fraction of sp³-hybridized carbons (Fsp3) is 0.500. The molecule has 9 nitrogen and oxygen atoms in total. The first-order chi connectivity index (χ1) is 7.19. The van der Waals surface area contributed by atoms with E-state index in [1.54, 1.807) is 0 Å². The molecule has 16 heavy (non-hydrogen) atoms. The summed E-state index contributed by atoms with van der Waals surface area (Å²) < 4.78 is 24.4. The zero-order valence-corrected chi connectivity index (χ0v) is 8.55. The smallest absolute Gasteiger partial charge is 0.469 e. The zero-order chi connectivity index (χ0) is 12.9. The minimum absolute atomic E-state index is 1.28. The Bertz CT molecular complexity index is 357. The summed E-state index contributed by atoms with van der Waals surface area (Å²) in [4.78, 5) is 31.4. The molecule has 0 atom stereocenters. The van der Waals surface area contributed by atoms with Gasteiger partial charge in [0.05, 0.1) is 12.8 Å². The Labute approximate surface area is 88.5 Å². The number of hydrogen-bond acceptors (Lipinski definition) is 6. The van der Waals surface area contributed by atoms with Crippen molar-refractivity contribution in [3.05, 3.63) is 0 Å². The van der Waals surface area contributed by atoms with Crippen LogP contribution in [-0.4, -0.2) is 38.8 Å². The normalized spacial score (nSPS) is 10.8. The number of carboxylic acid groups (broad SMARTS) is 3. The second-order valence-electron chi connectivity index (χ2n) is 2.76. The fourth-order valence-corrected chi connectivity index (χ4v) is 1.44. The second-order valence-corrected chi connectivity index (χ2v) is 3.39. The maximum atomic E-state index is 10.7. The molecule has 0 aliphatic carbocycles. The summed E-state index contributed by atoms with van der Waals surface area (Å²) in [5.41, 5.74) is -2.81. The molecule has 0 aliphatic rings. The van der Waals surface area contributed by atoms with Crippen LogP contribution in [-0.2, 0) is 28.0 Å². The molecule has 3 N–H and O–H groups in total. The third kappa shape index (κ3) is 4.20. The molecule has 0 unspecified atom stereocenters. The van der Waals surface area contributed by atoms with E-state index < -0.39 is 44.3 Å². The quantitative estimate of drug-likeness (QED) is 0.526. The van der Waals surface area contributed by atoms with E-state index in [0.717, 1.165) is 0 Å². The summed E-state index contributed by atoms with van der Waals surface area (Å²) in [6.07, 6.45) is -2.56. The van der Waals surface area contributed by atoms with Gasteiger partial charge in [-0.3, -0.25) is 14.1 Å². The van der Waals surface area contributed by atoms with Gasteiger partial charge in [0.1, 0.15) is 0 Å². The standard InChI is InChI=1S/C6H7O9P/c7-3(8)1-6(5(11)12,2-4(9)10)15-16(13)14/h1-2H2,(H,7,8)(H,9,10)(H,11,12). The van der Waals surface area contributed by atoms with E-state index in [1.807, 2.05) is 0 Å². The van der Waals surface area contributed by atoms with Crippen LogP contribution in [0, 0.1) is 0 Å². The molecule has 0 heterocycles. The summed E-state index contributed by atoms with van der Waals surface area (Å²) in [5.74, 6) is -5.36. The molecule has 0 saturated carbocycles. The van der Waals surface area contributed by atoms with Gasteiger partial charge in [0.2, 0.25) is 5.60 Å². The minimum Gasteiger partial charge on any atom is -0.481 e. The first-order valence-corrected chi connectivity index (χ1v) is 4.79. The van der Waals surface area contributed by atoms with Gasteiger partial charge < -0.3 is 15.3 Å². The van der Waals surface area contributed by atoms with Crippen LogP contribution in [0.3, 0.4) is 0 Å². The Morgan fingerprint density at radius 1 is 1.00 bits per heavy atom. The van der Waals surface area contributed by atoms with Crippen LogP contribution < -0.4 is 0 Å². The van der Waals surface area contributed by atoms with E-state index in [2.05, 4.69) is 4.52 Å². The molecule has 0 aromatic carbocycles. The first-order valence-electron chi connectivity index (χ1n) is 3.70. The zero-order valence-electron chi connectivity index (χ0n) is 7.65. The van der Waals surface area contributed by atoms with Crippen LogP contribution >= 0.6 is 7.91 Å². The van der Waals surface area contributed by atoms with E-state index in [0.29, 0.717) is 0 Å². The number of carboxylic acids is 3. The largest absolute Gasteiger partial charge is 0.481 e. The van der Waals surface area contributed by atoms with Gasteiger partial charge in [-0.05, 0) is 0 Å². The predicted molar refractivity (Wildman–Crippen MR) is 44.3 cm³/mol. The lowest BCUT2D eigenvalue weighted by molar-refractivity contribution is -0.166. The maximum Gasteiger partial charge on any atom is 0.469 e. The molecule has 0 saturated heterocycles. The van der Waals surface area contributed by atoms with Crippen molar-refractivity contribution < 1.29 is 43.4 Å². The molecule has 0 fully saturated rings. The number of hydrogen-bond donors (Lipinski definition) is 3. The fourth-order valence-electron chi connectivity index (χ4n) is 0.949. The van der Waals surface area contributed by atoms with E-state index in [1.165, 1.54) is 0 Å². The van der Waals surface area contributed by atoms with Crippen molar-refractivity contribution in [2.24, 2.45) is 0 Å². The summed E-state index contributed by atoms with van der Waals surface area (Å²) in [5, 5.41) is 25.4. The van der Waals surface area contributed by atoms with Crippen molar-refractivity contribution in [2.45, 2.75) is 18.4 Å². The van der Waals surface area contributed by atoms with Crippen LogP contribution in [0.4, 0.5) is 0 Å². The van der Waals surface area contributed by atoms with Crippen LogP contribution in [0.15, 0.2) is 0 Å². The molecule has 0 rings (SSSR count). The molecular formula is C6H7O9P. The van der Waals surface area contributed by atoms with E-state index in [-0.39, 0.29) is 0 Å². The van der Waals surface area contributed by atoms with Crippen molar-refractivity contribution >= 4 is 25.8 Å². The number of aliphatic carboxylic acids is 3. The maximum absolute atomic E-state index is 10.7. The molecule has 0 bridgehead atoms. The van der Waals surface area contributed by atoms with Gasteiger partial charge in [0.25, 0.3) is 0 Å². The summed E-state index contributed by atoms with van der Waals surface area (Å²) in [6, 6.07) is 0. The second kappa shape index (κ2) is 5.38. The Morgan fingerprint density at radius 2 is 1.38 bits per heavy atom. The van der Waals surface area contributed by atoms with Crippen molar-refractivity contribution in [2.75, 3.05) is 0 Å². The SMILES string of the molecule is O=C(O)CC(CC(=O)O)(OP(=O)=O)C(=O)O. The molecule has 0 radical (unpaired) electrons. The minimum atomic E-state index is -3.69. The molecule has 0 aliphatic heterocycles. The van der Waals surface area contributed by atoms with Crippen LogP contribution in [0.2, 0.25) is 0 Å². The average Bonchev–Trinajstić information content (AvgIpc) is 1.98. The van der Waals surface area contributed by atoms with Gasteiger partial charge in [0.15, 0.2) is 0 Å². The van der Waals surface area contributed by atoms with Gasteiger partial charge in [-0.15, -0.1) is 0 Å². The lowest BCUT2D eigenvalue weighted by Crippen LogP contribution is -2.43. The average molecular weight is 254 g/mol. The highest BCUT2D eigenvalue weighted by atomic mass is 31.1. The molecule has 0 aromatic heterocycles. The van der Waals surface area contributed by atoms with E-state index >= 15 is 0 Å². The summed E-state index contributed by atoms with van der Waals surface area (Å²) >= 11 is 0. The van der Waals surface area contributed by atoms with Crippen LogP contribution in [0.25, 0.3) is 0 Å². The van der Waals surface area contributed by atoms with Gasteiger partial charge in [-0.2, -0.15) is 0 Å². The Kier molecular flexibility index (Phi) is 4.80. The molecule has 0 spiro atoms. The van der Waals surface area contributed by atoms with Crippen molar-refractivity contribution in [3.8, 4) is 0 Å². The van der Waals surface area contributed by atoms with Gasteiger partial charge in [-0.25, -0.2) is 13.9 Å². The monoisotopic (exact) mass is 254 g/mol. The molecular weight excluding hydrogens is 247 g/mol. The Morgan fingerprint density at radius 3 is 1.56 bits per heavy atom. The molecule has 0 aromatic rings. The van der Waals surface area contributed by atoms with Gasteiger partial charge in [-0.1, -0.05) is 0 Å². The number of carbonyl (C=O) groups is 3. The lowest BCUT2D eigenvalue weighted by atomic mass is 9.96. The summed E-state index contributed by atoms with van der Waals surface area (Å²) in [6.45, 7) is 0. The lowest BCUT2D eigenvalue weighted by Gasteiger charge is -2.21. The third-order valence-electron chi connectivity index (χ3n) is 1.51. The molecule has 10 heteroatoms. The van der Waals surface area contributed by atoms with Crippen molar-refractivity contribution in [3.63, 3.8) is 0 Å². The van der Waals surface area contributed by atoms with Gasteiger partial charge in [0, 0.05) is 0 Å². The van der Waals surface area contributed by atoms with Crippen molar-refractivity contribution in [1.82, 2.24) is 0 Å². The highest BCUT2D eigenvalue weighted by Crippen LogP contribution is 2.29. The number of rotatable bonds is 7. The Hall–Kier alpha value is -1.73. The molecule has 90 valence electrons. The Balaban J connectivity index is 5.27. The van der Waals surface area contributed by atoms with E-state index in [4.69, 9.17) is 15.3 Å². The van der Waals surface area contributed by atoms with Crippen LogP contribution in [0.1, 0.15) is 12.8 Å². The molecule has 0 amide bonds. The summed E-state index contributed by atoms with van der Waals surface area (Å²) in [7, 11) is -3.69. The topological polar surface area (TPSA) is 155 Å². The third-order valence-corrected chi connectivity index (χ3v) is 2.01. The van der Waals surface area contributed by atoms with Crippen molar-refractivity contribution in [1.29, 1.82) is 0 Å². The first kappa shape index (κ1) is 14.3. The predicted octanol–water partition coefficient (Wildman–Crippen LogP) is -0.136. The van der Waals surface area contributed by atoms with E-state index in [9.17, 15) is 23.5 Å². The highest BCUT2D eigenvalue weighted by molar-refractivity contribution is 7.24. The highest BCUT2D eigenvalue weighted by Gasteiger charge is 2.46.